The van der Waals surface area contributed by atoms with E-state index in [0.717, 1.165) is 12.8 Å². The van der Waals surface area contributed by atoms with E-state index >= 15 is 0 Å². The highest BCUT2D eigenvalue weighted by atomic mass is 35.5. The molecule has 3 radical (unpaired) electrons. The fourth-order valence-corrected chi connectivity index (χ4v) is 1.50. The van der Waals surface area contributed by atoms with Gasteiger partial charge in [-0.1, -0.05) is 13.8 Å². The van der Waals surface area contributed by atoms with Gasteiger partial charge in [-0.3, -0.25) is 0 Å². The minimum atomic E-state index is -0.154. The van der Waals surface area contributed by atoms with Gasteiger partial charge in [-0.25, -0.2) is 0 Å². The first-order valence-electron chi connectivity index (χ1n) is 3.15. The predicted molar refractivity (Wildman–Crippen MR) is 40.9 cm³/mol. The molecule has 0 unspecified atom stereocenters. The van der Waals surface area contributed by atoms with Gasteiger partial charge in [0.25, 0.3) is 0 Å². The number of hydrogen-bond donors (Lipinski definition) is 0. The summed E-state index contributed by atoms with van der Waals surface area (Å²) in [4.78, 5) is 0. The van der Waals surface area contributed by atoms with Crippen molar-refractivity contribution < 1.29 is 4.43 Å². The molecule has 0 aromatic heterocycles. The normalized spacial score (nSPS) is 12.0. The molecule has 0 aliphatic heterocycles. The van der Waals surface area contributed by atoms with E-state index < -0.39 is 0 Å². The molecule has 0 aliphatic rings. The Morgan fingerprint density at radius 2 is 1.89 bits per heavy atom. The first-order valence-corrected chi connectivity index (χ1v) is 4.09. The van der Waals surface area contributed by atoms with Gasteiger partial charge in [0.1, 0.15) is 0 Å². The largest absolute Gasteiger partial charge is 0.412 e. The lowest BCUT2D eigenvalue weighted by Crippen LogP contribution is -2.32. The molecule has 1 nitrogen and oxygen atoms in total. The average Bonchev–Trinajstić information content (AvgIpc) is 1.95. The lowest BCUT2D eigenvalue weighted by Gasteiger charge is -2.27. The molecule has 0 rings (SSSR count). The molecule has 0 N–H and O–H groups in total. The van der Waals surface area contributed by atoms with Gasteiger partial charge in [-0.15, -0.1) is 11.6 Å². The molecular weight excluding hydrogens is 152 g/mol. The second-order valence-electron chi connectivity index (χ2n) is 2.13. The van der Waals surface area contributed by atoms with Crippen LogP contribution in [0.25, 0.3) is 0 Å². The molecule has 0 saturated carbocycles. The monoisotopic (exact) mass is 163 g/mol. The maximum atomic E-state index is 5.67. The first-order chi connectivity index (χ1) is 4.24. The third-order valence-corrected chi connectivity index (χ3v) is 2.67. The Bertz CT molecular complexity index is 55.9. The lowest BCUT2D eigenvalue weighted by atomic mass is 10.0. The molecule has 0 bridgehead atoms. The third kappa shape index (κ3) is 2.28. The van der Waals surface area contributed by atoms with Gasteiger partial charge in [0.15, 0.2) is 0 Å². The van der Waals surface area contributed by atoms with Crippen LogP contribution in [-0.4, -0.2) is 22.0 Å². The SMILES string of the molecule is CCC(CC)(CCl)O[Si]. The van der Waals surface area contributed by atoms with E-state index in [9.17, 15) is 0 Å². The highest BCUT2D eigenvalue weighted by Crippen LogP contribution is 2.20. The zero-order chi connectivity index (χ0) is 7.33. The van der Waals surface area contributed by atoms with Gasteiger partial charge in [0, 0.05) is 0 Å². The molecule has 0 fully saturated rings. The van der Waals surface area contributed by atoms with Crippen LogP contribution in [0.2, 0.25) is 0 Å². The van der Waals surface area contributed by atoms with Crippen molar-refractivity contribution in [1.82, 2.24) is 0 Å². The molecular formula is C6H12ClOSi. The standard InChI is InChI=1S/C6H12ClOSi/c1-3-6(4-2,5-7)8-9/h3-5H2,1-2H3. The molecule has 0 heterocycles. The molecule has 0 aromatic rings. The third-order valence-electron chi connectivity index (χ3n) is 1.75. The van der Waals surface area contributed by atoms with Crippen molar-refractivity contribution in [1.29, 1.82) is 0 Å². The highest BCUT2D eigenvalue weighted by molar-refractivity contribution is 6.18. The van der Waals surface area contributed by atoms with E-state index in [4.69, 9.17) is 16.0 Å². The summed E-state index contributed by atoms with van der Waals surface area (Å²) in [6.07, 6.45) is 1.88. The smallest absolute Gasteiger partial charge is 0.247 e. The average molecular weight is 164 g/mol. The Morgan fingerprint density at radius 1 is 1.44 bits per heavy atom. The van der Waals surface area contributed by atoms with Crippen LogP contribution in [-0.2, 0) is 4.43 Å². The van der Waals surface area contributed by atoms with E-state index in [-0.39, 0.29) is 5.60 Å². The molecule has 0 aromatic carbocycles. The minimum absolute atomic E-state index is 0.154. The van der Waals surface area contributed by atoms with Crippen LogP contribution in [0.3, 0.4) is 0 Å². The predicted octanol–water partition coefficient (Wildman–Crippen LogP) is 1.88. The van der Waals surface area contributed by atoms with Crippen LogP contribution in [0.5, 0.6) is 0 Å². The van der Waals surface area contributed by atoms with Crippen molar-refractivity contribution in [3.63, 3.8) is 0 Å². The summed E-state index contributed by atoms with van der Waals surface area (Å²) in [5.74, 6) is 0.545. The van der Waals surface area contributed by atoms with Crippen molar-refractivity contribution in [2.24, 2.45) is 0 Å². The fraction of sp³-hybridized carbons (Fsp3) is 1.00. The van der Waals surface area contributed by atoms with Crippen molar-refractivity contribution in [2.75, 3.05) is 5.88 Å². The van der Waals surface area contributed by atoms with Crippen LogP contribution < -0.4 is 0 Å². The lowest BCUT2D eigenvalue weighted by molar-refractivity contribution is 0.0962. The van der Waals surface area contributed by atoms with Crippen molar-refractivity contribution in [3.05, 3.63) is 0 Å². The Labute approximate surface area is 65.3 Å². The second-order valence-corrected chi connectivity index (χ2v) is 2.60. The molecule has 9 heavy (non-hydrogen) atoms. The van der Waals surface area contributed by atoms with Crippen molar-refractivity contribution >= 4 is 22.1 Å². The number of alkyl halides is 1. The molecule has 53 valence electrons. The summed E-state index contributed by atoms with van der Waals surface area (Å²) in [5.41, 5.74) is -0.154. The minimum Gasteiger partial charge on any atom is -0.412 e. The van der Waals surface area contributed by atoms with Crippen LogP contribution in [0.15, 0.2) is 0 Å². The second kappa shape index (κ2) is 4.31. The van der Waals surface area contributed by atoms with Crippen LogP contribution in [0.1, 0.15) is 26.7 Å². The summed E-state index contributed by atoms with van der Waals surface area (Å²) < 4.78 is 5.06. The topological polar surface area (TPSA) is 9.23 Å². The van der Waals surface area contributed by atoms with Gasteiger partial charge in [-0.2, -0.15) is 0 Å². The fourth-order valence-electron chi connectivity index (χ4n) is 0.611. The van der Waals surface area contributed by atoms with Crippen molar-refractivity contribution in [2.45, 2.75) is 32.3 Å². The maximum Gasteiger partial charge on any atom is 0.247 e. The Morgan fingerprint density at radius 3 is 1.89 bits per heavy atom. The zero-order valence-corrected chi connectivity index (χ0v) is 7.66. The van der Waals surface area contributed by atoms with Crippen LogP contribution >= 0.6 is 11.6 Å². The van der Waals surface area contributed by atoms with Crippen LogP contribution in [0.4, 0.5) is 0 Å². The van der Waals surface area contributed by atoms with E-state index in [0.29, 0.717) is 5.88 Å². The van der Waals surface area contributed by atoms with Gasteiger partial charge < -0.3 is 4.43 Å². The molecule has 0 amide bonds. The molecule has 0 atom stereocenters. The first kappa shape index (κ1) is 9.47. The van der Waals surface area contributed by atoms with E-state index in [1.807, 2.05) is 0 Å². The summed E-state index contributed by atoms with van der Waals surface area (Å²) in [5, 5.41) is 0. The summed E-state index contributed by atoms with van der Waals surface area (Å²) in [7, 11) is 3.02. The number of halogens is 1. The van der Waals surface area contributed by atoms with Crippen LogP contribution in [0, 0.1) is 0 Å². The van der Waals surface area contributed by atoms with Gasteiger partial charge in [0.2, 0.25) is 10.5 Å². The van der Waals surface area contributed by atoms with E-state index in [1.54, 1.807) is 0 Å². The van der Waals surface area contributed by atoms with E-state index in [2.05, 4.69) is 24.3 Å². The Hall–Kier alpha value is 0.467. The Kier molecular flexibility index (Phi) is 4.53. The molecule has 0 saturated heterocycles. The summed E-state index contributed by atoms with van der Waals surface area (Å²) in [6.45, 7) is 4.12. The van der Waals surface area contributed by atoms with E-state index in [1.165, 1.54) is 0 Å². The van der Waals surface area contributed by atoms with Crippen molar-refractivity contribution in [3.8, 4) is 0 Å². The molecule has 0 aliphatic carbocycles. The zero-order valence-electron chi connectivity index (χ0n) is 5.91. The number of rotatable bonds is 4. The highest BCUT2D eigenvalue weighted by Gasteiger charge is 2.22. The summed E-state index contributed by atoms with van der Waals surface area (Å²) in [6, 6.07) is 0. The number of hydrogen-bond acceptors (Lipinski definition) is 1. The van der Waals surface area contributed by atoms with Gasteiger partial charge in [-0.05, 0) is 12.8 Å². The quantitative estimate of drug-likeness (QED) is 0.455. The van der Waals surface area contributed by atoms with Gasteiger partial charge in [0.05, 0.1) is 11.5 Å². The summed E-state index contributed by atoms with van der Waals surface area (Å²) >= 11 is 5.67. The Balaban J connectivity index is 3.82. The molecule has 0 spiro atoms. The maximum absolute atomic E-state index is 5.67. The van der Waals surface area contributed by atoms with Gasteiger partial charge >= 0.3 is 0 Å². The molecule has 3 heteroatoms.